The minimum Gasteiger partial charge on any atom is -0.451 e. The first-order valence-electron chi connectivity index (χ1n) is 8.41. The Balaban J connectivity index is 1.69. The molecule has 1 aliphatic carbocycles. The summed E-state index contributed by atoms with van der Waals surface area (Å²) in [6.45, 7) is 2.75. The van der Waals surface area contributed by atoms with Gasteiger partial charge in [-0.05, 0) is 49.4 Å². The molecular weight excluding hydrogens is 288 g/mol. The number of nitrogens with two attached hydrogens (primary N) is 1. The predicted octanol–water partition coefficient (Wildman–Crippen LogP) is 3.37. The maximum Gasteiger partial charge on any atom is 0.287 e. The average molecular weight is 312 g/mol. The van der Waals surface area contributed by atoms with Gasteiger partial charge < -0.3 is 15.5 Å². The van der Waals surface area contributed by atoms with Crippen molar-refractivity contribution in [3.05, 3.63) is 47.7 Å². The highest BCUT2D eigenvalue weighted by atomic mass is 16.3. The van der Waals surface area contributed by atoms with E-state index in [-0.39, 0.29) is 11.9 Å². The van der Waals surface area contributed by atoms with Gasteiger partial charge in [0.1, 0.15) is 5.76 Å². The van der Waals surface area contributed by atoms with Crippen LogP contribution in [0.5, 0.6) is 0 Å². The Morgan fingerprint density at radius 1 is 1.22 bits per heavy atom. The quantitative estimate of drug-likeness (QED) is 0.889. The molecule has 1 aliphatic rings. The largest absolute Gasteiger partial charge is 0.451 e. The smallest absolute Gasteiger partial charge is 0.287 e. The number of hydrogen-bond donors (Lipinski definition) is 2. The highest BCUT2D eigenvalue weighted by Crippen LogP contribution is 2.26. The fraction of sp³-hybridized carbons (Fsp3) is 0.421. The summed E-state index contributed by atoms with van der Waals surface area (Å²) in [5, 5.41) is 3.07. The van der Waals surface area contributed by atoms with E-state index < -0.39 is 0 Å². The van der Waals surface area contributed by atoms with Crippen molar-refractivity contribution in [1.82, 2.24) is 5.32 Å². The lowest BCUT2D eigenvalue weighted by Crippen LogP contribution is -2.39. The topological polar surface area (TPSA) is 68.3 Å². The molecule has 1 fully saturated rings. The van der Waals surface area contributed by atoms with Crippen molar-refractivity contribution in [3.8, 4) is 11.3 Å². The molecule has 1 aromatic heterocycles. The molecule has 2 aromatic rings. The Hall–Kier alpha value is -2.07. The maximum atomic E-state index is 12.4. The van der Waals surface area contributed by atoms with E-state index in [4.69, 9.17) is 10.2 Å². The summed E-state index contributed by atoms with van der Waals surface area (Å²) in [6, 6.07) is 12.0. The Kier molecular flexibility index (Phi) is 4.82. The van der Waals surface area contributed by atoms with Gasteiger partial charge in [-0.25, -0.2) is 0 Å². The minimum atomic E-state index is -0.147. The number of carbonyl (C=O) groups excluding carboxylic acids is 1. The van der Waals surface area contributed by atoms with Crippen molar-refractivity contribution in [1.29, 1.82) is 0 Å². The molecule has 2 atom stereocenters. The van der Waals surface area contributed by atoms with Crippen molar-refractivity contribution < 1.29 is 9.21 Å². The van der Waals surface area contributed by atoms with E-state index in [1.807, 2.05) is 18.2 Å². The van der Waals surface area contributed by atoms with Crippen molar-refractivity contribution in [2.75, 3.05) is 6.54 Å². The molecule has 0 bridgehead atoms. The van der Waals surface area contributed by atoms with Crippen LogP contribution in [0.4, 0.5) is 0 Å². The lowest BCUT2D eigenvalue weighted by atomic mass is 10.0. The van der Waals surface area contributed by atoms with E-state index in [1.54, 1.807) is 6.07 Å². The average Bonchev–Trinajstić information content (AvgIpc) is 3.24. The number of aryl methyl sites for hydroxylation is 1. The number of rotatable bonds is 5. The molecule has 0 spiro atoms. The van der Waals surface area contributed by atoms with Gasteiger partial charge >= 0.3 is 0 Å². The fourth-order valence-corrected chi connectivity index (χ4v) is 3.27. The molecule has 1 amide bonds. The van der Waals surface area contributed by atoms with Crippen LogP contribution in [0.15, 0.2) is 40.8 Å². The molecule has 1 saturated carbocycles. The first-order valence-corrected chi connectivity index (χ1v) is 8.41. The second kappa shape index (κ2) is 7.01. The van der Waals surface area contributed by atoms with Crippen LogP contribution in [0.3, 0.4) is 0 Å². The monoisotopic (exact) mass is 312 g/mol. The molecule has 1 heterocycles. The zero-order valence-corrected chi connectivity index (χ0v) is 13.5. The van der Waals surface area contributed by atoms with Crippen LogP contribution in [0.25, 0.3) is 11.3 Å². The number of amides is 1. The summed E-state index contributed by atoms with van der Waals surface area (Å²) in [5.74, 6) is 1.32. The molecule has 0 radical (unpaired) electrons. The van der Waals surface area contributed by atoms with Crippen molar-refractivity contribution in [2.24, 2.45) is 11.7 Å². The van der Waals surface area contributed by atoms with Gasteiger partial charge in [0, 0.05) is 11.6 Å². The molecule has 4 heteroatoms. The summed E-state index contributed by atoms with van der Waals surface area (Å²) in [6.07, 6.45) is 4.23. The Morgan fingerprint density at radius 3 is 2.70 bits per heavy atom. The predicted molar refractivity (Wildman–Crippen MR) is 91.2 cm³/mol. The van der Waals surface area contributed by atoms with Gasteiger partial charge in [-0.1, -0.05) is 37.6 Å². The molecule has 23 heavy (non-hydrogen) atoms. The van der Waals surface area contributed by atoms with E-state index in [9.17, 15) is 4.79 Å². The maximum absolute atomic E-state index is 12.4. The van der Waals surface area contributed by atoms with E-state index in [0.29, 0.717) is 18.2 Å². The second-order valence-corrected chi connectivity index (χ2v) is 6.22. The second-order valence-electron chi connectivity index (χ2n) is 6.22. The van der Waals surface area contributed by atoms with Gasteiger partial charge in [-0.15, -0.1) is 0 Å². The highest BCUT2D eigenvalue weighted by molar-refractivity contribution is 5.92. The molecule has 0 saturated heterocycles. The van der Waals surface area contributed by atoms with Crippen LogP contribution in [0, 0.1) is 5.92 Å². The van der Waals surface area contributed by atoms with Crippen LogP contribution >= 0.6 is 0 Å². The molecule has 122 valence electrons. The molecular formula is C19H24N2O2. The number of carbonyl (C=O) groups is 1. The van der Waals surface area contributed by atoms with Crippen LogP contribution in [-0.4, -0.2) is 18.5 Å². The third-order valence-corrected chi connectivity index (χ3v) is 4.75. The van der Waals surface area contributed by atoms with Crippen LogP contribution in [0.1, 0.15) is 42.3 Å². The molecule has 1 aromatic carbocycles. The van der Waals surface area contributed by atoms with E-state index in [1.165, 1.54) is 5.56 Å². The highest BCUT2D eigenvalue weighted by Gasteiger charge is 2.28. The lowest BCUT2D eigenvalue weighted by Gasteiger charge is -2.18. The number of benzene rings is 1. The zero-order valence-electron chi connectivity index (χ0n) is 13.5. The SMILES string of the molecule is CCc1ccc(-c2ccc(C(=O)NC3CCCC3CN)o2)cc1. The van der Waals surface area contributed by atoms with Gasteiger partial charge in [-0.2, -0.15) is 0 Å². The molecule has 4 nitrogen and oxygen atoms in total. The first kappa shape index (κ1) is 15.8. The fourth-order valence-electron chi connectivity index (χ4n) is 3.27. The Morgan fingerprint density at radius 2 is 2.00 bits per heavy atom. The minimum absolute atomic E-state index is 0.147. The normalized spacial score (nSPS) is 20.6. The number of nitrogens with one attached hydrogen (secondary N) is 1. The van der Waals surface area contributed by atoms with Gasteiger partial charge in [0.15, 0.2) is 5.76 Å². The summed E-state index contributed by atoms with van der Waals surface area (Å²) in [4.78, 5) is 12.4. The first-order chi connectivity index (χ1) is 11.2. The van der Waals surface area contributed by atoms with E-state index in [2.05, 4.69) is 24.4 Å². The lowest BCUT2D eigenvalue weighted by molar-refractivity contribution is 0.0901. The van der Waals surface area contributed by atoms with Gasteiger partial charge in [0.2, 0.25) is 0 Å². The third kappa shape index (κ3) is 3.48. The van der Waals surface area contributed by atoms with Crippen molar-refractivity contribution >= 4 is 5.91 Å². The van der Waals surface area contributed by atoms with E-state index >= 15 is 0 Å². The standard InChI is InChI=1S/C19H24N2O2/c1-2-13-6-8-14(9-7-13)17-10-11-18(23-17)19(22)21-16-5-3-4-15(16)12-20/h6-11,15-16H,2-5,12,20H2,1H3,(H,21,22). The van der Waals surface area contributed by atoms with E-state index in [0.717, 1.165) is 37.0 Å². The van der Waals surface area contributed by atoms with Gasteiger partial charge in [-0.3, -0.25) is 4.79 Å². The summed E-state index contributed by atoms with van der Waals surface area (Å²) in [5.41, 5.74) is 8.04. The number of hydrogen-bond acceptors (Lipinski definition) is 3. The molecule has 0 aliphatic heterocycles. The molecule has 2 unspecified atom stereocenters. The van der Waals surface area contributed by atoms with Crippen LogP contribution in [-0.2, 0) is 6.42 Å². The summed E-state index contributed by atoms with van der Waals surface area (Å²) >= 11 is 0. The summed E-state index contributed by atoms with van der Waals surface area (Å²) < 4.78 is 5.74. The number of furan rings is 1. The van der Waals surface area contributed by atoms with Gasteiger partial charge in [0.05, 0.1) is 0 Å². The third-order valence-electron chi connectivity index (χ3n) is 4.75. The Labute approximate surface area is 137 Å². The molecule has 3 rings (SSSR count). The van der Waals surface area contributed by atoms with Crippen molar-refractivity contribution in [3.63, 3.8) is 0 Å². The molecule has 3 N–H and O–H groups in total. The van der Waals surface area contributed by atoms with Crippen LogP contribution in [0.2, 0.25) is 0 Å². The van der Waals surface area contributed by atoms with Crippen molar-refractivity contribution in [2.45, 2.75) is 38.6 Å². The zero-order chi connectivity index (χ0) is 16.2. The summed E-state index contributed by atoms with van der Waals surface area (Å²) in [7, 11) is 0. The van der Waals surface area contributed by atoms with Crippen LogP contribution < -0.4 is 11.1 Å². The van der Waals surface area contributed by atoms with Gasteiger partial charge in [0.25, 0.3) is 5.91 Å². The Bertz CT molecular complexity index is 660.